The molecule has 0 aromatic carbocycles. The molecule has 13 heavy (non-hydrogen) atoms. The summed E-state index contributed by atoms with van der Waals surface area (Å²) in [5.41, 5.74) is 0. The summed E-state index contributed by atoms with van der Waals surface area (Å²) in [6, 6.07) is -0.972. The predicted octanol–water partition coefficient (Wildman–Crippen LogP) is 1.31. The lowest BCUT2D eigenvalue weighted by Gasteiger charge is -2.10. The van der Waals surface area contributed by atoms with Crippen molar-refractivity contribution in [2.45, 2.75) is 25.3 Å². The van der Waals surface area contributed by atoms with Gasteiger partial charge in [0.05, 0.1) is 0 Å². The molecule has 0 spiro atoms. The quantitative estimate of drug-likeness (QED) is 0.392. The van der Waals surface area contributed by atoms with Gasteiger partial charge in [0.1, 0.15) is 6.04 Å². The lowest BCUT2D eigenvalue weighted by molar-refractivity contribution is -0.139. The number of halogens is 1. The number of carboxylic acid groups (broad SMARTS) is 2. The van der Waals surface area contributed by atoms with Crippen LogP contribution in [0.4, 0.5) is 4.79 Å². The Labute approximate surface area is 89.7 Å². The van der Waals surface area contributed by atoms with Gasteiger partial charge in [-0.25, -0.2) is 9.59 Å². The van der Waals surface area contributed by atoms with Crippen molar-refractivity contribution in [1.29, 1.82) is 0 Å². The number of hydrogen-bond acceptors (Lipinski definition) is 2. The molecular formula is C7H12INO4. The number of hydrogen-bond donors (Lipinski definition) is 3. The van der Waals surface area contributed by atoms with E-state index >= 15 is 0 Å². The van der Waals surface area contributed by atoms with Gasteiger partial charge in [-0.3, -0.25) is 0 Å². The second-order valence-corrected chi connectivity index (χ2v) is 3.60. The van der Waals surface area contributed by atoms with Gasteiger partial charge in [-0.2, -0.15) is 0 Å². The molecular weight excluding hydrogens is 289 g/mol. The fourth-order valence-electron chi connectivity index (χ4n) is 0.849. The number of carboxylic acids is 1. The highest BCUT2D eigenvalue weighted by molar-refractivity contribution is 14.1. The van der Waals surface area contributed by atoms with Gasteiger partial charge in [0.25, 0.3) is 0 Å². The van der Waals surface area contributed by atoms with Crippen molar-refractivity contribution >= 4 is 34.7 Å². The molecule has 5 nitrogen and oxygen atoms in total. The molecule has 0 aromatic heterocycles. The third-order valence-electron chi connectivity index (χ3n) is 1.47. The average Bonchev–Trinajstić information content (AvgIpc) is 2.02. The lowest BCUT2D eigenvalue weighted by atomic mass is 10.1. The fourth-order valence-corrected chi connectivity index (χ4v) is 1.39. The van der Waals surface area contributed by atoms with Crippen LogP contribution in [0.1, 0.15) is 19.3 Å². The first-order chi connectivity index (χ1) is 6.07. The molecule has 0 saturated carbocycles. The van der Waals surface area contributed by atoms with Gasteiger partial charge >= 0.3 is 12.1 Å². The van der Waals surface area contributed by atoms with Crippen LogP contribution >= 0.6 is 22.6 Å². The van der Waals surface area contributed by atoms with Crippen LogP contribution in [0.3, 0.4) is 0 Å². The zero-order valence-corrected chi connectivity index (χ0v) is 9.15. The van der Waals surface area contributed by atoms with Crippen LogP contribution in [0.2, 0.25) is 0 Å². The standard InChI is InChI=1S/C7H12INO4/c8-4-2-1-3-5(6(10)11)9-7(12)13/h5,9H,1-4H2,(H,10,11)(H,12,13)/t5-/m0/s1. The SMILES string of the molecule is O=C(O)N[C@@H](CCCCI)C(=O)O. The molecule has 3 N–H and O–H groups in total. The van der Waals surface area contributed by atoms with E-state index in [2.05, 4.69) is 22.6 Å². The number of carbonyl (C=O) groups is 2. The van der Waals surface area contributed by atoms with Crippen LogP contribution < -0.4 is 5.32 Å². The molecule has 0 aliphatic heterocycles. The summed E-state index contributed by atoms with van der Waals surface area (Å²) in [5, 5.41) is 18.9. The summed E-state index contributed by atoms with van der Waals surface area (Å²) in [5.74, 6) is -1.11. The monoisotopic (exact) mass is 301 g/mol. The van der Waals surface area contributed by atoms with Crippen LogP contribution in [-0.2, 0) is 4.79 Å². The molecule has 6 heteroatoms. The Balaban J connectivity index is 3.81. The zero-order chi connectivity index (χ0) is 10.3. The molecule has 76 valence electrons. The van der Waals surface area contributed by atoms with Gasteiger partial charge < -0.3 is 15.5 Å². The maximum absolute atomic E-state index is 10.5. The summed E-state index contributed by atoms with van der Waals surface area (Å²) in [6.07, 6.45) is 0.693. The molecule has 0 aliphatic carbocycles. The normalized spacial score (nSPS) is 12.1. The van der Waals surface area contributed by atoms with E-state index in [0.717, 1.165) is 17.3 Å². The van der Waals surface area contributed by atoms with Crippen LogP contribution in [0.15, 0.2) is 0 Å². The summed E-state index contributed by atoms with van der Waals surface area (Å²) in [4.78, 5) is 20.7. The van der Waals surface area contributed by atoms with Crippen molar-refractivity contribution < 1.29 is 19.8 Å². The van der Waals surface area contributed by atoms with Crippen LogP contribution in [-0.4, -0.2) is 32.7 Å². The highest BCUT2D eigenvalue weighted by Gasteiger charge is 2.18. The fraction of sp³-hybridized carbons (Fsp3) is 0.714. The van der Waals surface area contributed by atoms with Crippen LogP contribution in [0.5, 0.6) is 0 Å². The summed E-state index contributed by atoms with van der Waals surface area (Å²) in [6.45, 7) is 0. The number of aliphatic carboxylic acids is 1. The Morgan fingerprint density at radius 1 is 1.31 bits per heavy atom. The number of rotatable bonds is 6. The zero-order valence-electron chi connectivity index (χ0n) is 6.99. The predicted molar refractivity (Wildman–Crippen MR) is 55.3 cm³/mol. The maximum atomic E-state index is 10.5. The van der Waals surface area contributed by atoms with Gasteiger partial charge in [0, 0.05) is 0 Å². The second kappa shape index (κ2) is 6.93. The smallest absolute Gasteiger partial charge is 0.405 e. The van der Waals surface area contributed by atoms with E-state index in [1.54, 1.807) is 0 Å². The minimum Gasteiger partial charge on any atom is -0.480 e. The minimum absolute atomic E-state index is 0.352. The molecule has 1 atom stereocenters. The van der Waals surface area contributed by atoms with Crippen molar-refractivity contribution in [1.82, 2.24) is 5.32 Å². The van der Waals surface area contributed by atoms with Crippen LogP contribution in [0, 0.1) is 0 Å². The first kappa shape index (κ1) is 12.5. The van der Waals surface area contributed by atoms with Crippen molar-refractivity contribution in [3.8, 4) is 0 Å². The van der Waals surface area contributed by atoms with Gasteiger partial charge in [-0.1, -0.05) is 29.0 Å². The van der Waals surface area contributed by atoms with E-state index in [9.17, 15) is 9.59 Å². The first-order valence-corrected chi connectivity index (χ1v) is 5.38. The first-order valence-electron chi connectivity index (χ1n) is 3.86. The van der Waals surface area contributed by atoms with E-state index in [0.29, 0.717) is 6.42 Å². The van der Waals surface area contributed by atoms with Gasteiger partial charge in [0.2, 0.25) is 0 Å². The van der Waals surface area contributed by atoms with Gasteiger partial charge in [-0.15, -0.1) is 0 Å². The summed E-state index contributed by atoms with van der Waals surface area (Å²) < 4.78 is 0.956. The number of alkyl halides is 1. The Morgan fingerprint density at radius 2 is 1.92 bits per heavy atom. The largest absolute Gasteiger partial charge is 0.480 e. The molecule has 1 amide bonds. The Bertz CT molecular complexity index is 185. The molecule has 0 radical (unpaired) electrons. The third-order valence-corrected chi connectivity index (χ3v) is 2.24. The highest BCUT2D eigenvalue weighted by atomic mass is 127. The van der Waals surface area contributed by atoms with E-state index < -0.39 is 18.1 Å². The Hall–Kier alpha value is -0.530. The molecule has 0 aromatic rings. The van der Waals surface area contributed by atoms with Crippen molar-refractivity contribution in [3.63, 3.8) is 0 Å². The molecule has 0 fully saturated rings. The van der Waals surface area contributed by atoms with E-state index in [1.165, 1.54) is 0 Å². The molecule has 0 heterocycles. The Morgan fingerprint density at radius 3 is 2.31 bits per heavy atom. The van der Waals surface area contributed by atoms with E-state index in [1.807, 2.05) is 5.32 Å². The van der Waals surface area contributed by atoms with Crippen molar-refractivity contribution in [2.24, 2.45) is 0 Å². The highest BCUT2D eigenvalue weighted by Crippen LogP contribution is 2.03. The number of amides is 1. The van der Waals surface area contributed by atoms with Crippen LogP contribution in [0.25, 0.3) is 0 Å². The summed E-state index contributed by atoms with van der Waals surface area (Å²) in [7, 11) is 0. The van der Waals surface area contributed by atoms with Crippen molar-refractivity contribution in [3.05, 3.63) is 0 Å². The van der Waals surface area contributed by atoms with Crippen molar-refractivity contribution in [2.75, 3.05) is 4.43 Å². The van der Waals surface area contributed by atoms with Gasteiger partial charge in [-0.05, 0) is 17.3 Å². The molecule has 0 saturated heterocycles. The molecule has 0 bridgehead atoms. The second-order valence-electron chi connectivity index (χ2n) is 2.53. The molecule has 0 rings (SSSR count). The van der Waals surface area contributed by atoms with E-state index in [-0.39, 0.29) is 0 Å². The third kappa shape index (κ3) is 6.62. The number of unbranched alkanes of at least 4 members (excludes halogenated alkanes) is 1. The average molecular weight is 301 g/mol. The topological polar surface area (TPSA) is 86.6 Å². The Kier molecular flexibility index (Phi) is 6.65. The molecule has 0 aliphatic rings. The van der Waals surface area contributed by atoms with Gasteiger partial charge in [0.15, 0.2) is 0 Å². The molecule has 0 unspecified atom stereocenters. The summed E-state index contributed by atoms with van der Waals surface area (Å²) >= 11 is 2.19. The maximum Gasteiger partial charge on any atom is 0.405 e. The minimum atomic E-state index is -1.29. The number of nitrogens with one attached hydrogen (secondary N) is 1. The van der Waals surface area contributed by atoms with E-state index in [4.69, 9.17) is 10.2 Å². The lowest BCUT2D eigenvalue weighted by Crippen LogP contribution is -2.39.